The van der Waals surface area contributed by atoms with Crippen molar-refractivity contribution in [3.63, 3.8) is 0 Å². The highest BCUT2D eigenvalue weighted by molar-refractivity contribution is 5.94. The Morgan fingerprint density at radius 2 is 1.35 bits per heavy atom. The van der Waals surface area contributed by atoms with Gasteiger partial charge in [-0.3, -0.25) is 0 Å². The second-order valence-electron chi connectivity index (χ2n) is 13.1. The molecule has 5 rings (SSSR count). The molecule has 2 aliphatic carbocycles. The van der Waals surface area contributed by atoms with Crippen LogP contribution in [0.5, 0.6) is 0 Å². The summed E-state index contributed by atoms with van der Waals surface area (Å²) in [6, 6.07) is 15.0. The summed E-state index contributed by atoms with van der Waals surface area (Å²) in [6.45, 7) is 11.9. The molecule has 3 aromatic rings. The van der Waals surface area contributed by atoms with Crippen LogP contribution in [0.25, 0.3) is 22.0 Å². The van der Waals surface area contributed by atoms with Gasteiger partial charge in [0.05, 0.1) is 10.9 Å². The number of fused-ring (bicyclic) bond motifs is 1. The van der Waals surface area contributed by atoms with Crippen molar-refractivity contribution in [1.82, 2.24) is 0 Å². The molecule has 0 unspecified atom stereocenters. The molecule has 0 bridgehead atoms. The van der Waals surface area contributed by atoms with Gasteiger partial charge in [-0.2, -0.15) is 0 Å². The predicted octanol–water partition coefficient (Wildman–Crippen LogP) is 10.1. The van der Waals surface area contributed by atoms with Gasteiger partial charge in [0.2, 0.25) is 5.69 Å². The fourth-order valence-corrected chi connectivity index (χ4v) is 7.99. The topological polar surface area (TPSA) is 3.88 Å². The van der Waals surface area contributed by atoms with Crippen LogP contribution in [0.4, 0.5) is 0 Å². The van der Waals surface area contributed by atoms with Crippen LogP contribution < -0.4 is 4.57 Å². The van der Waals surface area contributed by atoms with Crippen molar-refractivity contribution in [2.75, 3.05) is 0 Å². The quantitative estimate of drug-likeness (QED) is 0.299. The first-order valence-corrected chi connectivity index (χ1v) is 15.4. The lowest BCUT2D eigenvalue weighted by Gasteiger charge is -2.28. The average molecular weight is 497 g/mol. The van der Waals surface area contributed by atoms with Gasteiger partial charge in [-0.15, -0.1) is 0 Å². The monoisotopic (exact) mass is 496 g/mol. The third kappa shape index (κ3) is 5.39. The van der Waals surface area contributed by atoms with Gasteiger partial charge in [0.1, 0.15) is 7.05 Å². The van der Waals surface area contributed by atoms with Gasteiger partial charge >= 0.3 is 0 Å². The van der Waals surface area contributed by atoms with Crippen molar-refractivity contribution in [2.24, 2.45) is 18.9 Å². The van der Waals surface area contributed by atoms with Crippen molar-refractivity contribution in [2.45, 2.75) is 117 Å². The van der Waals surface area contributed by atoms with Gasteiger partial charge in [-0.1, -0.05) is 84.4 Å². The Morgan fingerprint density at radius 3 is 1.97 bits per heavy atom. The first-order valence-electron chi connectivity index (χ1n) is 15.4. The molecule has 37 heavy (non-hydrogen) atoms. The van der Waals surface area contributed by atoms with Crippen LogP contribution >= 0.6 is 0 Å². The van der Waals surface area contributed by atoms with E-state index in [4.69, 9.17) is 0 Å². The third-order valence-corrected chi connectivity index (χ3v) is 9.83. The lowest BCUT2D eigenvalue weighted by Crippen LogP contribution is -2.31. The molecule has 0 saturated heterocycles. The smallest absolute Gasteiger partial charge is 0.200 e. The molecule has 1 heteroatoms. The van der Waals surface area contributed by atoms with Crippen LogP contribution in [-0.2, 0) is 7.05 Å². The largest absolute Gasteiger partial charge is 0.220 e. The predicted molar refractivity (Wildman–Crippen MR) is 159 cm³/mol. The Hall–Kier alpha value is -2.15. The van der Waals surface area contributed by atoms with Gasteiger partial charge in [0, 0.05) is 6.07 Å². The van der Waals surface area contributed by atoms with Crippen LogP contribution in [0, 0.1) is 18.8 Å². The molecular formula is C36H50N+. The van der Waals surface area contributed by atoms with Crippen molar-refractivity contribution in [3.05, 3.63) is 64.8 Å². The number of rotatable bonds is 6. The van der Waals surface area contributed by atoms with Gasteiger partial charge < -0.3 is 0 Å². The SMILES string of the molecule is Cc1c(-c2c3ccc(C(C(C)C)C(C)C)cc3cc[n+]2C)cc(C2CCCCC2)cc1C1CCCCC1. The van der Waals surface area contributed by atoms with E-state index in [0.29, 0.717) is 17.8 Å². The number of hydrogen-bond donors (Lipinski definition) is 0. The Bertz CT molecular complexity index is 1210. The molecule has 0 N–H and O–H groups in total. The van der Waals surface area contributed by atoms with Crippen LogP contribution in [0.1, 0.15) is 132 Å². The summed E-state index contributed by atoms with van der Waals surface area (Å²) < 4.78 is 2.39. The Kier molecular flexibility index (Phi) is 8.08. The fraction of sp³-hybridized carbons (Fsp3) is 0.583. The highest BCUT2D eigenvalue weighted by Crippen LogP contribution is 2.43. The number of aromatic nitrogens is 1. The minimum absolute atomic E-state index is 0.594. The molecule has 0 spiro atoms. The van der Waals surface area contributed by atoms with E-state index in [1.165, 1.54) is 97.4 Å². The molecule has 0 aliphatic heterocycles. The number of benzene rings is 2. The zero-order valence-corrected chi connectivity index (χ0v) is 24.4. The fourth-order valence-electron chi connectivity index (χ4n) is 7.99. The molecule has 198 valence electrons. The van der Waals surface area contributed by atoms with Crippen molar-refractivity contribution >= 4 is 10.8 Å². The molecule has 0 radical (unpaired) electrons. The highest BCUT2D eigenvalue weighted by Gasteiger charge is 2.27. The number of pyridine rings is 1. The molecule has 2 aromatic carbocycles. The lowest BCUT2D eigenvalue weighted by molar-refractivity contribution is -0.659. The number of aryl methyl sites for hydroxylation is 1. The Labute approximate surface area is 226 Å². The molecule has 1 nitrogen and oxygen atoms in total. The minimum atomic E-state index is 0.594. The average Bonchev–Trinajstić information content (AvgIpc) is 2.90. The maximum atomic E-state index is 2.66. The highest BCUT2D eigenvalue weighted by atomic mass is 14.9. The molecule has 0 amide bonds. The third-order valence-electron chi connectivity index (χ3n) is 9.83. The first kappa shape index (κ1) is 26.5. The van der Waals surface area contributed by atoms with Crippen LogP contribution in [0.3, 0.4) is 0 Å². The molecule has 2 fully saturated rings. The van der Waals surface area contributed by atoms with Gasteiger partial charge in [0.25, 0.3) is 0 Å². The second kappa shape index (κ2) is 11.3. The van der Waals surface area contributed by atoms with Crippen LogP contribution in [0.2, 0.25) is 0 Å². The van der Waals surface area contributed by atoms with Crippen molar-refractivity contribution in [3.8, 4) is 11.3 Å². The van der Waals surface area contributed by atoms with E-state index in [1.54, 1.807) is 11.1 Å². The summed E-state index contributed by atoms with van der Waals surface area (Å²) in [5, 5.41) is 2.79. The maximum absolute atomic E-state index is 2.66. The minimum Gasteiger partial charge on any atom is -0.200 e. The number of hydrogen-bond acceptors (Lipinski definition) is 0. The van der Waals surface area contributed by atoms with E-state index in [9.17, 15) is 0 Å². The van der Waals surface area contributed by atoms with E-state index in [0.717, 1.165) is 11.8 Å². The van der Waals surface area contributed by atoms with Gasteiger partial charge in [-0.25, -0.2) is 4.57 Å². The van der Waals surface area contributed by atoms with E-state index < -0.39 is 0 Å². The van der Waals surface area contributed by atoms with E-state index in [2.05, 4.69) is 88.8 Å². The van der Waals surface area contributed by atoms with E-state index >= 15 is 0 Å². The summed E-state index contributed by atoms with van der Waals surface area (Å²) in [6.07, 6.45) is 16.2. The Balaban J connectivity index is 1.68. The standard InChI is InChI=1S/C36H50N/c1-24(2)35(25(3)4)30-17-18-32-29(21-30)19-20-37(6)36(32)34-23-31(27-13-9-7-10-14-27)22-33(26(34)5)28-15-11-8-12-16-28/h17-25,27-28,35H,7-16H2,1-6H3/q+1. The summed E-state index contributed by atoms with van der Waals surface area (Å²) >= 11 is 0. The molecule has 1 aromatic heterocycles. The van der Waals surface area contributed by atoms with Crippen LogP contribution in [0.15, 0.2) is 42.6 Å². The Morgan fingerprint density at radius 1 is 0.730 bits per heavy atom. The molecular weight excluding hydrogens is 446 g/mol. The lowest BCUT2D eigenvalue weighted by atomic mass is 9.76. The number of nitrogens with zero attached hydrogens (tertiary/aromatic N) is 1. The summed E-state index contributed by atoms with van der Waals surface area (Å²) in [4.78, 5) is 0. The molecule has 0 atom stereocenters. The zero-order valence-electron chi connectivity index (χ0n) is 24.4. The summed E-state index contributed by atoms with van der Waals surface area (Å²) in [5.41, 5.74) is 9.18. The van der Waals surface area contributed by atoms with E-state index in [1.807, 2.05) is 0 Å². The molecule has 1 heterocycles. The van der Waals surface area contributed by atoms with Crippen molar-refractivity contribution < 1.29 is 4.57 Å². The van der Waals surface area contributed by atoms with Crippen molar-refractivity contribution in [1.29, 1.82) is 0 Å². The molecule has 2 saturated carbocycles. The summed E-state index contributed by atoms with van der Waals surface area (Å²) in [7, 11) is 2.25. The maximum Gasteiger partial charge on any atom is 0.220 e. The first-order chi connectivity index (χ1) is 17.8. The second-order valence-corrected chi connectivity index (χ2v) is 13.1. The molecule has 2 aliphatic rings. The summed E-state index contributed by atoms with van der Waals surface area (Å²) in [5.74, 6) is 3.35. The zero-order chi connectivity index (χ0) is 26.1. The van der Waals surface area contributed by atoms with Crippen LogP contribution in [-0.4, -0.2) is 0 Å². The normalized spacial score (nSPS) is 18.0. The van der Waals surface area contributed by atoms with Gasteiger partial charge in [-0.05, 0) is 102 Å². The van der Waals surface area contributed by atoms with E-state index in [-0.39, 0.29) is 0 Å². The van der Waals surface area contributed by atoms with Gasteiger partial charge in [0.15, 0.2) is 6.20 Å².